The molecule has 0 saturated carbocycles. The first kappa shape index (κ1) is 12.3. The van der Waals surface area contributed by atoms with E-state index >= 15 is 0 Å². The molecule has 0 radical (unpaired) electrons. The van der Waals surface area contributed by atoms with E-state index in [1.807, 2.05) is 24.7 Å². The molecule has 18 heavy (non-hydrogen) atoms. The molecule has 96 valence electrons. The quantitative estimate of drug-likeness (QED) is 0.849. The van der Waals surface area contributed by atoms with Crippen LogP contribution in [0.25, 0.3) is 11.4 Å². The van der Waals surface area contributed by atoms with Gasteiger partial charge in [-0.3, -0.25) is 9.48 Å². The molecule has 0 fully saturated rings. The van der Waals surface area contributed by atoms with E-state index in [4.69, 9.17) is 5.11 Å². The Morgan fingerprint density at radius 3 is 2.83 bits per heavy atom. The average molecular weight is 249 g/mol. The molecule has 7 nitrogen and oxygen atoms in total. The predicted molar refractivity (Wildman–Crippen MR) is 63.8 cm³/mol. The molecule has 0 saturated heterocycles. The number of aromatic nitrogens is 5. The summed E-state index contributed by atoms with van der Waals surface area (Å²) in [4.78, 5) is 10.5. The maximum absolute atomic E-state index is 10.5. The van der Waals surface area contributed by atoms with Gasteiger partial charge in [0.05, 0.1) is 11.8 Å². The second-order valence-electron chi connectivity index (χ2n) is 4.12. The Hall–Kier alpha value is -2.18. The lowest BCUT2D eigenvalue weighted by molar-refractivity contribution is -0.137. The standard InChI is InChI=1S/C11H15N5O2/c1-8-13-14-11(9-6-12-15(2)7-9)16(8)5-3-4-10(17)18/h6-7H,3-5H2,1-2H3,(H,17,18). The smallest absolute Gasteiger partial charge is 0.303 e. The first-order valence-electron chi connectivity index (χ1n) is 5.68. The minimum Gasteiger partial charge on any atom is -0.481 e. The molecule has 0 aromatic carbocycles. The number of nitrogens with zero attached hydrogens (tertiary/aromatic N) is 5. The minimum absolute atomic E-state index is 0.143. The number of hydrogen-bond acceptors (Lipinski definition) is 4. The number of rotatable bonds is 5. The molecule has 0 aliphatic heterocycles. The van der Waals surface area contributed by atoms with Gasteiger partial charge in [-0.15, -0.1) is 10.2 Å². The lowest BCUT2D eigenvalue weighted by Crippen LogP contribution is -2.05. The second-order valence-corrected chi connectivity index (χ2v) is 4.12. The fourth-order valence-corrected chi connectivity index (χ4v) is 1.79. The molecule has 7 heteroatoms. The Balaban J connectivity index is 2.19. The zero-order valence-electron chi connectivity index (χ0n) is 10.4. The first-order valence-corrected chi connectivity index (χ1v) is 5.68. The van der Waals surface area contributed by atoms with Gasteiger partial charge in [0.1, 0.15) is 5.82 Å². The molecule has 0 bridgehead atoms. The van der Waals surface area contributed by atoms with Gasteiger partial charge in [0.25, 0.3) is 0 Å². The lowest BCUT2D eigenvalue weighted by atomic mass is 10.3. The van der Waals surface area contributed by atoms with Gasteiger partial charge in [-0.2, -0.15) is 5.10 Å². The van der Waals surface area contributed by atoms with Crippen LogP contribution in [-0.2, 0) is 18.4 Å². The van der Waals surface area contributed by atoms with Crippen molar-refractivity contribution >= 4 is 5.97 Å². The van der Waals surface area contributed by atoms with Crippen LogP contribution in [0.5, 0.6) is 0 Å². The van der Waals surface area contributed by atoms with Crippen molar-refractivity contribution in [1.82, 2.24) is 24.5 Å². The van der Waals surface area contributed by atoms with Crippen LogP contribution in [0.1, 0.15) is 18.7 Å². The van der Waals surface area contributed by atoms with Crippen molar-refractivity contribution in [3.8, 4) is 11.4 Å². The summed E-state index contributed by atoms with van der Waals surface area (Å²) < 4.78 is 3.61. The second kappa shape index (κ2) is 4.99. The summed E-state index contributed by atoms with van der Waals surface area (Å²) in [5.41, 5.74) is 0.883. The highest BCUT2D eigenvalue weighted by Crippen LogP contribution is 2.17. The fraction of sp³-hybridized carbons (Fsp3) is 0.455. The van der Waals surface area contributed by atoms with Crippen molar-refractivity contribution in [2.45, 2.75) is 26.3 Å². The summed E-state index contributed by atoms with van der Waals surface area (Å²) in [5, 5.41) is 20.9. The van der Waals surface area contributed by atoms with Gasteiger partial charge in [0, 0.05) is 26.2 Å². The van der Waals surface area contributed by atoms with Crippen molar-refractivity contribution in [2.75, 3.05) is 0 Å². The summed E-state index contributed by atoms with van der Waals surface area (Å²) in [6.45, 7) is 2.45. The summed E-state index contributed by atoms with van der Waals surface area (Å²) in [6.07, 6.45) is 4.28. The molecular weight excluding hydrogens is 234 g/mol. The number of aryl methyl sites for hydroxylation is 2. The van der Waals surface area contributed by atoms with Crippen molar-refractivity contribution < 1.29 is 9.90 Å². The molecule has 2 rings (SSSR count). The van der Waals surface area contributed by atoms with E-state index in [2.05, 4.69) is 15.3 Å². The number of carbonyl (C=O) groups is 1. The van der Waals surface area contributed by atoms with E-state index in [9.17, 15) is 4.79 Å². The molecule has 0 aliphatic carbocycles. The third-order valence-corrected chi connectivity index (χ3v) is 2.67. The summed E-state index contributed by atoms with van der Waals surface area (Å²) in [6, 6.07) is 0. The van der Waals surface area contributed by atoms with Gasteiger partial charge in [-0.1, -0.05) is 0 Å². The molecule has 0 aliphatic rings. The Bertz CT molecular complexity index is 558. The average Bonchev–Trinajstić information content (AvgIpc) is 2.86. The largest absolute Gasteiger partial charge is 0.481 e. The van der Waals surface area contributed by atoms with Crippen LogP contribution in [0.3, 0.4) is 0 Å². The number of carboxylic acids is 1. The van der Waals surface area contributed by atoms with Crippen LogP contribution in [-0.4, -0.2) is 35.6 Å². The van der Waals surface area contributed by atoms with Crippen LogP contribution in [0.4, 0.5) is 0 Å². The molecule has 0 spiro atoms. The Morgan fingerprint density at radius 2 is 2.22 bits per heavy atom. The van der Waals surface area contributed by atoms with Gasteiger partial charge in [-0.05, 0) is 13.3 Å². The van der Waals surface area contributed by atoms with E-state index in [1.165, 1.54) is 0 Å². The number of carboxylic acid groups (broad SMARTS) is 1. The maximum atomic E-state index is 10.5. The highest BCUT2D eigenvalue weighted by atomic mass is 16.4. The monoisotopic (exact) mass is 249 g/mol. The molecule has 2 aromatic rings. The van der Waals surface area contributed by atoms with Crippen LogP contribution in [0.15, 0.2) is 12.4 Å². The van der Waals surface area contributed by atoms with E-state index in [1.54, 1.807) is 10.9 Å². The predicted octanol–water partition coefficient (Wildman–Crippen LogP) is 0.852. The molecule has 2 aromatic heterocycles. The summed E-state index contributed by atoms with van der Waals surface area (Å²) in [5.74, 6) is 0.717. The van der Waals surface area contributed by atoms with Crippen LogP contribution in [0.2, 0.25) is 0 Å². The number of aliphatic carboxylic acids is 1. The molecular formula is C11H15N5O2. The minimum atomic E-state index is -0.788. The molecule has 1 N–H and O–H groups in total. The highest BCUT2D eigenvalue weighted by Gasteiger charge is 2.12. The third kappa shape index (κ3) is 2.55. The van der Waals surface area contributed by atoms with Crippen LogP contribution in [0, 0.1) is 6.92 Å². The van der Waals surface area contributed by atoms with Crippen molar-refractivity contribution in [3.63, 3.8) is 0 Å². The van der Waals surface area contributed by atoms with Crippen molar-refractivity contribution in [1.29, 1.82) is 0 Å². The highest BCUT2D eigenvalue weighted by molar-refractivity contribution is 5.66. The molecule has 0 unspecified atom stereocenters. The SMILES string of the molecule is Cc1nnc(-c2cnn(C)c2)n1CCCC(=O)O. The van der Waals surface area contributed by atoms with E-state index < -0.39 is 5.97 Å². The Labute approximate surface area is 104 Å². The summed E-state index contributed by atoms with van der Waals surface area (Å²) in [7, 11) is 1.83. The Morgan fingerprint density at radius 1 is 1.44 bits per heavy atom. The molecule has 0 amide bonds. The Kier molecular flexibility index (Phi) is 3.40. The molecule has 0 atom stereocenters. The van der Waals surface area contributed by atoms with Crippen molar-refractivity contribution in [3.05, 3.63) is 18.2 Å². The molecule has 2 heterocycles. The van der Waals surface area contributed by atoms with E-state index in [0.29, 0.717) is 13.0 Å². The van der Waals surface area contributed by atoms with Gasteiger partial charge < -0.3 is 9.67 Å². The van der Waals surface area contributed by atoms with Crippen LogP contribution >= 0.6 is 0 Å². The first-order chi connectivity index (χ1) is 8.58. The van der Waals surface area contributed by atoms with Gasteiger partial charge in [0.2, 0.25) is 0 Å². The van der Waals surface area contributed by atoms with Gasteiger partial charge >= 0.3 is 5.97 Å². The van der Waals surface area contributed by atoms with E-state index in [0.717, 1.165) is 17.2 Å². The fourth-order valence-electron chi connectivity index (χ4n) is 1.79. The number of hydrogen-bond donors (Lipinski definition) is 1. The van der Waals surface area contributed by atoms with Gasteiger partial charge in [0.15, 0.2) is 5.82 Å². The van der Waals surface area contributed by atoms with Crippen molar-refractivity contribution in [2.24, 2.45) is 7.05 Å². The lowest BCUT2D eigenvalue weighted by Gasteiger charge is -2.06. The summed E-state index contributed by atoms with van der Waals surface area (Å²) >= 11 is 0. The zero-order chi connectivity index (χ0) is 13.1. The van der Waals surface area contributed by atoms with E-state index in [-0.39, 0.29) is 6.42 Å². The van der Waals surface area contributed by atoms with Gasteiger partial charge in [-0.25, -0.2) is 0 Å². The zero-order valence-corrected chi connectivity index (χ0v) is 10.4. The maximum Gasteiger partial charge on any atom is 0.303 e. The third-order valence-electron chi connectivity index (χ3n) is 2.67. The normalized spacial score (nSPS) is 10.8. The van der Waals surface area contributed by atoms with Crippen LogP contribution < -0.4 is 0 Å². The topological polar surface area (TPSA) is 85.8 Å².